The van der Waals surface area contributed by atoms with Crippen LogP contribution in [0.3, 0.4) is 0 Å². The second-order valence-corrected chi connectivity index (χ2v) is 16.1. The number of likely N-dealkylation sites (N-methyl/N-ethyl adjacent to an activating group) is 1. The number of amides is 2. The van der Waals surface area contributed by atoms with Gasteiger partial charge in [0.05, 0.1) is 23.9 Å². The summed E-state index contributed by atoms with van der Waals surface area (Å²) in [6.45, 7) is 6.91. The minimum absolute atomic E-state index is 0.0183. The van der Waals surface area contributed by atoms with Crippen LogP contribution in [0.2, 0.25) is 0 Å². The Labute approximate surface area is 306 Å². The molecule has 278 valence electrons. The van der Waals surface area contributed by atoms with Crippen molar-refractivity contribution in [2.24, 2.45) is 17.3 Å². The minimum Gasteiger partial charge on any atom is -0.456 e. The molecule has 5 aliphatic rings. The summed E-state index contributed by atoms with van der Waals surface area (Å²) in [6, 6.07) is 16.2. The molecule has 2 aromatic rings. The van der Waals surface area contributed by atoms with Gasteiger partial charge in [0.15, 0.2) is 0 Å². The van der Waals surface area contributed by atoms with E-state index in [4.69, 9.17) is 18.9 Å². The van der Waals surface area contributed by atoms with Gasteiger partial charge in [0.25, 0.3) is 0 Å². The molecule has 7 rings (SSSR count). The van der Waals surface area contributed by atoms with Gasteiger partial charge in [-0.3, -0.25) is 9.59 Å². The van der Waals surface area contributed by atoms with Gasteiger partial charge in [-0.05, 0) is 85.6 Å². The van der Waals surface area contributed by atoms with E-state index in [0.29, 0.717) is 34.5 Å². The Morgan fingerprint density at radius 1 is 1.08 bits per heavy atom. The Hall–Kier alpha value is -3.83. The summed E-state index contributed by atoms with van der Waals surface area (Å²) in [5.41, 5.74) is 4.44. The lowest BCUT2D eigenvalue weighted by molar-refractivity contribution is -0.137. The summed E-state index contributed by atoms with van der Waals surface area (Å²) in [4.78, 5) is 42.4. The molecule has 2 N–H and O–H groups in total. The zero-order chi connectivity index (χ0) is 36.6. The van der Waals surface area contributed by atoms with Crippen LogP contribution in [-0.2, 0) is 35.0 Å². The maximum absolute atomic E-state index is 14.0. The Balaban J connectivity index is 1.06. The molecule has 10 heteroatoms. The second kappa shape index (κ2) is 14.9. The molecule has 8 unspecified atom stereocenters. The van der Waals surface area contributed by atoms with Gasteiger partial charge < -0.3 is 34.3 Å². The molecule has 0 aromatic heterocycles. The number of epoxide rings is 1. The molecular formula is C42H52N2O8. The van der Waals surface area contributed by atoms with Crippen LogP contribution in [0.1, 0.15) is 80.8 Å². The minimum atomic E-state index is -0.830. The van der Waals surface area contributed by atoms with Crippen LogP contribution in [0.5, 0.6) is 0 Å². The molecule has 52 heavy (non-hydrogen) atoms. The SMILES string of the molecule is CN(C(=O)C1=CC2OCOC2C(OC(=O)c2cccc(C=C3CCC4OC4(C)CCC4C3CC4(C)C)c2)C1)C(Cc1ccccc1)C(=O)NCCO. The van der Waals surface area contributed by atoms with Crippen molar-refractivity contribution in [2.75, 3.05) is 27.0 Å². The standard InChI is InChI=1S/C42H52N2O8/c1-41(2)24-31-28(13-14-36-42(3,52-36)16-15-32(31)41)19-27-11-8-12-29(20-27)40(48)51-35-23-30(22-34-37(35)50-25-49-34)39(47)44(4)33(38(46)43-17-18-45)21-26-9-6-5-7-10-26/h5-12,19-20,22,31-37,45H,13-18,21,23-25H2,1-4H3,(H,43,46). The molecule has 2 aliphatic heterocycles. The number of ether oxygens (including phenoxy) is 4. The van der Waals surface area contributed by atoms with Crippen LogP contribution in [0, 0.1) is 17.3 Å². The molecule has 0 spiro atoms. The van der Waals surface area contributed by atoms with E-state index in [0.717, 1.165) is 30.4 Å². The van der Waals surface area contributed by atoms with Crippen molar-refractivity contribution in [3.63, 3.8) is 0 Å². The summed E-state index contributed by atoms with van der Waals surface area (Å²) in [7, 11) is 1.59. The number of fused-ring (bicyclic) bond motifs is 3. The highest BCUT2D eigenvalue weighted by atomic mass is 16.7. The van der Waals surface area contributed by atoms with Crippen LogP contribution in [0.15, 0.2) is 71.8 Å². The molecule has 10 nitrogen and oxygen atoms in total. The molecule has 3 aliphatic carbocycles. The number of benzene rings is 2. The van der Waals surface area contributed by atoms with Crippen LogP contribution in [0.25, 0.3) is 6.08 Å². The molecule has 0 radical (unpaired) electrons. The molecular weight excluding hydrogens is 660 g/mol. The Bertz CT molecular complexity index is 1720. The summed E-state index contributed by atoms with van der Waals surface area (Å²) in [5.74, 6) is -0.0715. The second-order valence-electron chi connectivity index (χ2n) is 16.1. The van der Waals surface area contributed by atoms with Gasteiger partial charge in [0.2, 0.25) is 11.8 Å². The quantitative estimate of drug-likeness (QED) is 0.253. The van der Waals surface area contributed by atoms with Gasteiger partial charge in [0, 0.05) is 32.0 Å². The molecule has 0 bridgehead atoms. The number of esters is 1. The van der Waals surface area contributed by atoms with Crippen molar-refractivity contribution >= 4 is 23.9 Å². The maximum Gasteiger partial charge on any atom is 0.338 e. The zero-order valence-electron chi connectivity index (χ0n) is 30.7. The molecule has 4 fully saturated rings. The van der Waals surface area contributed by atoms with E-state index >= 15 is 0 Å². The van der Waals surface area contributed by atoms with Crippen LogP contribution >= 0.6 is 0 Å². The fourth-order valence-electron chi connectivity index (χ4n) is 9.00. The van der Waals surface area contributed by atoms with Gasteiger partial charge in [-0.2, -0.15) is 0 Å². The normalized spacial score (nSPS) is 31.6. The lowest BCUT2D eigenvalue weighted by Gasteiger charge is -2.53. The highest BCUT2D eigenvalue weighted by Gasteiger charge is 2.56. The largest absolute Gasteiger partial charge is 0.456 e. The van der Waals surface area contributed by atoms with Crippen LogP contribution < -0.4 is 5.32 Å². The van der Waals surface area contributed by atoms with Gasteiger partial charge >= 0.3 is 5.97 Å². The lowest BCUT2D eigenvalue weighted by atomic mass is 9.52. The Morgan fingerprint density at radius 2 is 1.88 bits per heavy atom. The highest BCUT2D eigenvalue weighted by Crippen LogP contribution is 2.59. The van der Waals surface area contributed by atoms with E-state index in [9.17, 15) is 19.5 Å². The molecule has 2 heterocycles. The monoisotopic (exact) mass is 712 g/mol. The zero-order valence-corrected chi connectivity index (χ0v) is 30.7. The number of aliphatic hydroxyl groups excluding tert-OH is 1. The molecule has 2 saturated heterocycles. The summed E-state index contributed by atoms with van der Waals surface area (Å²) in [5, 5.41) is 12.0. The smallest absolute Gasteiger partial charge is 0.338 e. The van der Waals surface area contributed by atoms with E-state index in [1.54, 1.807) is 19.2 Å². The number of hydrogen-bond acceptors (Lipinski definition) is 8. The third-order valence-electron chi connectivity index (χ3n) is 12.2. The Kier molecular flexibility index (Phi) is 10.5. The lowest BCUT2D eigenvalue weighted by Crippen LogP contribution is -2.51. The molecule has 2 aromatic carbocycles. The third kappa shape index (κ3) is 7.62. The van der Waals surface area contributed by atoms with E-state index in [2.05, 4.69) is 32.2 Å². The number of carbonyl (C=O) groups excluding carboxylic acids is 3. The van der Waals surface area contributed by atoms with E-state index in [1.807, 2.05) is 48.5 Å². The number of nitrogens with zero attached hydrogens (tertiary/aromatic N) is 1. The van der Waals surface area contributed by atoms with Crippen LogP contribution in [-0.4, -0.2) is 90.8 Å². The first-order valence-corrected chi connectivity index (χ1v) is 18.8. The van der Waals surface area contributed by atoms with Crippen molar-refractivity contribution in [1.82, 2.24) is 10.2 Å². The van der Waals surface area contributed by atoms with E-state index in [1.165, 1.54) is 23.3 Å². The topological polar surface area (TPSA) is 127 Å². The van der Waals surface area contributed by atoms with Gasteiger partial charge in [-0.25, -0.2) is 4.79 Å². The van der Waals surface area contributed by atoms with Crippen molar-refractivity contribution < 1.29 is 38.4 Å². The van der Waals surface area contributed by atoms with Crippen molar-refractivity contribution in [1.29, 1.82) is 0 Å². The number of nitrogens with one attached hydrogen (secondary N) is 1. The summed E-state index contributed by atoms with van der Waals surface area (Å²) >= 11 is 0. The average Bonchev–Trinajstić information content (AvgIpc) is 3.51. The van der Waals surface area contributed by atoms with Gasteiger partial charge in [-0.1, -0.05) is 68.0 Å². The van der Waals surface area contributed by atoms with Crippen molar-refractivity contribution in [3.8, 4) is 0 Å². The molecule has 2 amide bonds. The molecule has 2 saturated carbocycles. The maximum atomic E-state index is 14.0. The number of allylic oxidation sites excluding steroid dienone is 1. The number of hydrogen-bond donors (Lipinski definition) is 2. The Morgan fingerprint density at radius 3 is 2.65 bits per heavy atom. The first-order valence-electron chi connectivity index (χ1n) is 18.8. The first-order chi connectivity index (χ1) is 25.0. The summed E-state index contributed by atoms with van der Waals surface area (Å²) in [6.07, 6.45) is 8.27. The summed E-state index contributed by atoms with van der Waals surface area (Å²) < 4.78 is 23.9. The number of carbonyl (C=O) groups is 3. The highest BCUT2D eigenvalue weighted by molar-refractivity contribution is 5.97. The predicted molar refractivity (Wildman–Crippen MR) is 195 cm³/mol. The average molecular weight is 713 g/mol. The third-order valence-corrected chi connectivity index (χ3v) is 12.2. The molecule has 8 atom stereocenters. The predicted octanol–water partition coefficient (Wildman–Crippen LogP) is 5.24. The van der Waals surface area contributed by atoms with E-state index < -0.39 is 30.3 Å². The fourth-order valence-corrected chi connectivity index (χ4v) is 9.00. The van der Waals surface area contributed by atoms with Crippen molar-refractivity contribution in [3.05, 3.63) is 88.5 Å². The van der Waals surface area contributed by atoms with Gasteiger partial charge in [0.1, 0.15) is 31.1 Å². The first kappa shape index (κ1) is 36.5. The van der Waals surface area contributed by atoms with Crippen LogP contribution in [0.4, 0.5) is 0 Å². The number of rotatable bonds is 10. The van der Waals surface area contributed by atoms with Crippen molar-refractivity contribution in [2.45, 2.75) is 102 Å². The fraction of sp³-hybridized carbons (Fsp3) is 0.548. The number of aliphatic hydroxyl groups is 1. The van der Waals surface area contributed by atoms with E-state index in [-0.39, 0.29) is 50.2 Å². The van der Waals surface area contributed by atoms with Gasteiger partial charge in [-0.15, -0.1) is 0 Å².